The average Bonchev–Trinajstić information content (AvgIpc) is 2.29. The molecule has 1 aliphatic heterocycles. The van der Waals surface area contributed by atoms with Gasteiger partial charge >= 0.3 is 0 Å². The molecule has 1 fully saturated rings. The standard InChI is InChI=1S/C6H9ClN2O2/c7-3-4-8-9-5(10)1-2-6(9)11/h8H,1-4H2. The van der Waals surface area contributed by atoms with Crippen molar-refractivity contribution < 1.29 is 9.59 Å². The molecule has 0 aromatic rings. The number of hydrazine groups is 1. The molecule has 11 heavy (non-hydrogen) atoms. The van der Waals surface area contributed by atoms with Gasteiger partial charge in [-0.3, -0.25) is 9.59 Å². The second kappa shape index (κ2) is 3.69. The summed E-state index contributed by atoms with van der Waals surface area (Å²) in [5, 5.41) is 1.04. The highest BCUT2D eigenvalue weighted by Gasteiger charge is 2.28. The fourth-order valence-electron chi connectivity index (χ4n) is 0.907. The van der Waals surface area contributed by atoms with Crippen LogP contribution in [-0.2, 0) is 9.59 Å². The zero-order valence-electron chi connectivity index (χ0n) is 5.97. The Bertz CT molecular complexity index is 167. The van der Waals surface area contributed by atoms with Crippen LogP contribution in [0.4, 0.5) is 0 Å². The molecule has 1 rings (SSSR count). The van der Waals surface area contributed by atoms with Crippen molar-refractivity contribution in [2.24, 2.45) is 0 Å². The van der Waals surface area contributed by atoms with Crippen LogP contribution >= 0.6 is 11.6 Å². The first-order valence-electron chi connectivity index (χ1n) is 3.41. The van der Waals surface area contributed by atoms with Crippen molar-refractivity contribution in [1.29, 1.82) is 0 Å². The number of carbonyl (C=O) groups is 2. The van der Waals surface area contributed by atoms with Crippen LogP contribution in [0.1, 0.15) is 12.8 Å². The molecule has 2 amide bonds. The number of nitrogens with one attached hydrogen (secondary N) is 1. The first kappa shape index (κ1) is 8.49. The van der Waals surface area contributed by atoms with Crippen LogP contribution < -0.4 is 5.43 Å². The lowest BCUT2D eigenvalue weighted by Gasteiger charge is -2.13. The van der Waals surface area contributed by atoms with Crippen molar-refractivity contribution in [3.05, 3.63) is 0 Å². The quantitative estimate of drug-likeness (QED) is 0.482. The number of carbonyl (C=O) groups excluding carboxylic acids is 2. The highest BCUT2D eigenvalue weighted by Crippen LogP contribution is 2.07. The van der Waals surface area contributed by atoms with Gasteiger partial charge in [0.05, 0.1) is 0 Å². The molecule has 0 aromatic carbocycles. The number of alkyl halides is 1. The van der Waals surface area contributed by atoms with Crippen LogP contribution in [-0.4, -0.2) is 29.2 Å². The summed E-state index contributed by atoms with van der Waals surface area (Å²) in [5.41, 5.74) is 2.63. The van der Waals surface area contributed by atoms with Crippen molar-refractivity contribution in [3.63, 3.8) is 0 Å². The van der Waals surface area contributed by atoms with E-state index in [-0.39, 0.29) is 11.8 Å². The van der Waals surface area contributed by atoms with Crippen molar-refractivity contribution >= 4 is 23.4 Å². The van der Waals surface area contributed by atoms with Crippen LogP contribution in [0.15, 0.2) is 0 Å². The molecular weight excluding hydrogens is 168 g/mol. The van der Waals surface area contributed by atoms with E-state index in [9.17, 15) is 9.59 Å². The van der Waals surface area contributed by atoms with E-state index in [0.29, 0.717) is 25.3 Å². The summed E-state index contributed by atoms with van der Waals surface area (Å²) in [5.74, 6) is 0.0529. The lowest BCUT2D eigenvalue weighted by Crippen LogP contribution is -2.42. The van der Waals surface area contributed by atoms with Gasteiger partial charge in [-0.1, -0.05) is 0 Å². The Morgan fingerprint density at radius 1 is 1.36 bits per heavy atom. The van der Waals surface area contributed by atoms with Gasteiger partial charge in [0.1, 0.15) is 0 Å². The van der Waals surface area contributed by atoms with Crippen LogP contribution in [0.5, 0.6) is 0 Å². The van der Waals surface area contributed by atoms with E-state index in [0.717, 1.165) is 5.01 Å². The third kappa shape index (κ3) is 1.91. The molecule has 0 aliphatic carbocycles. The van der Waals surface area contributed by atoms with E-state index in [4.69, 9.17) is 11.6 Å². The second-order valence-corrected chi connectivity index (χ2v) is 2.60. The van der Waals surface area contributed by atoms with Crippen LogP contribution in [0.25, 0.3) is 0 Å². The van der Waals surface area contributed by atoms with Crippen molar-refractivity contribution in [2.75, 3.05) is 12.4 Å². The first-order valence-corrected chi connectivity index (χ1v) is 3.94. The van der Waals surface area contributed by atoms with Crippen LogP contribution in [0.3, 0.4) is 0 Å². The molecule has 0 unspecified atom stereocenters. The van der Waals surface area contributed by atoms with Gasteiger partial charge in [0.25, 0.3) is 0 Å². The number of halogens is 1. The number of nitrogens with zero attached hydrogens (tertiary/aromatic N) is 1. The molecule has 0 aromatic heterocycles. The molecule has 5 heteroatoms. The van der Waals surface area contributed by atoms with Crippen molar-refractivity contribution in [2.45, 2.75) is 12.8 Å². The Labute approximate surface area is 69.5 Å². The zero-order valence-corrected chi connectivity index (χ0v) is 6.73. The van der Waals surface area contributed by atoms with Gasteiger partial charge in [0.2, 0.25) is 11.8 Å². The molecule has 62 valence electrons. The second-order valence-electron chi connectivity index (χ2n) is 2.22. The minimum atomic E-state index is -0.167. The molecule has 4 nitrogen and oxygen atoms in total. The van der Waals surface area contributed by atoms with Crippen LogP contribution in [0.2, 0.25) is 0 Å². The molecule has 0 saturated carbocycles. The Balaban J connectivity index is 2.41. The SMILES string of the molecule is O=C1CCC(=O)N1NCCCl. The fraction of sp³-hybridized carbons (Fsp3) is 0.667. The van der Waals surface area contributed by atoms with Gasteiger partial charge in [-0.25, -0.2) is 10.4 Å². The average molecular weight is 177 g/mol. The molecule has 1 saturated heterocycles. The largest absolute Gasteiger partial charge is 0.273 e. The molecule has 0 atom stereocenters. The normalized spacial score (nSPS) is 18.1. The predicted molar refractivity (Wildman–Crippen MR) is 39.8 cm³/mol. The van der Waals surface area contributed by atoms with Gasteiger partial charge in [-0.15, -0.1) is 11.6 Å². The number of amides is 2. The number of hydrogen-bond donors (Lipinski definition) is 1. The highest BCUT2D eigenvalue weighted by molar-refractivity contribution is 6.18. The van der Waals surface area contributed by atoms with Crippen LogP contribution in [0, 0.1) is 0 Å². The summed E-state index contributed by atoms with van der Waals surface area (Å²) in [6.07, 6.45) is 0.627. The van der Waals surface area contributed by atoms with Gasteiger partial charge in [0, 0.05) is 25.3 Å². The summed E-state index contributed by atoms with van der Waals surface area (Å²) in [4.78, 5) is 21.8. The summed E-state index contributed by atoms with van der Waals surface area (Å²) in [6.45, 7) is 0.443. The van der Waals surface area contributed by atoms with E-state index in [1.165, 1.54) is 0 Å². The Morgan fingerprint density at radius 2 is 1.91 bits per heavy atom. The zero-order chi connectivity index (χ0) is 8.27. The van der Waals surface area contributed by atoms with Gasteiger partial charge in [-0.05, 0) is 0 Å². The Kier molecular flexibility index (Phi) is 2.84. The van der Waals surface area contributed by atoms with E-state index in [2.05, 4.69) is 5.43 Å². The van der Waals surface area contributed by atoms with Gasteiger partial charge in [-0.2, -0.15) is 0 Å². The summed E-state index contributed by atoms with van der Waals surface area (Å²) in [6, 6.07) is 0. The molecular formula is C6H9ClN2O2. The van der Waals surface area contributed by atoms with Crippen molar-refractivity contribution in [3.8, 4) is 0 Å². The summed E-state index contributed by atoms with van der Waals surface area (Å²) < 4.78 is 0. The maximum atomic E-state index is 10.9. The minimum Gasteiger partial charge on any atom is -0.273 e. The Hall–Kier alpha value is -0.610. The molecule has 1 heterocycles. The maximum absolute atomic E-state index is 10.9. The third-order valence-electron chi connectivity index (χ3n) is 1.42. The van der Waals surface area contributed by atoms with E-state index in [1.54, 1.807) is 0 Å². The van der Waals surface area contributed by atoms with E-state index < -0.39 is 0 Å². The molecule has 0 spiro atoms. The lowest BCUT2D eigenvalue weighted by molar-refractivity contribution is -0.141. The number of imide groups is 1. The fourth-order valence-corrected chi connectivity index (χ4v) is 0.991. The smallest absolute Gasteiger partial charge is 0.244 e. The Morgan fingerprint density at radius 3 is 2.36 bits per heavy atom. The first-order chi connectivity index (χ1) is 5.25. The molecule has 0 radical (unpaired) electrons. The van der Waals surface area contributed by atoms with Gasteiger partial charge < -0.3 is 0 Å². The number of rotatable bonds is 3. The predicted octanol–water partition coefficient (Wildman–Crippen LogP) is -0.121. The summed E-state index contributed by atoms with van der Waals surface area (Å²) in [7, 11) is 0. The third-order valence-corrected chi connectivity index (χ3v) is 1.60. The summed E-state index contributed by atoms with van der Waals surface area (Å²) >= 11 is 5.36. The molecule has 1 aliphatic rings. The lowest BCUT2D eigenvalue weighted by atomic mass is 10.4. The van der Waals surface area contributed by atoms with E-state index >= 15 is 0 Å². The van der Waals surface area contributed by atoms with Crippen molar-refractivity contribution in [1.82, 2.24) is 10.4 Å². The molecule has 1 N–H and O–H groups in total. The minimum absolute atomic E-state index is 0.167. The molecule has 0 bridgehead atoms. The maximum Gasteiger partial charge on any atom is 0.244 e. The monoisotopic (exact) mass is 176 g/mol. The van der Waals surface area contributed by atoms with E-state index in [1.807, 2.05) is 0 Å². The number of hydrogen-bond acceptors (Lipinski definition) is 3. The van der Waals surface area contributed by atoms with Gasteiger partial charge in [0.15, 0.2) is 0 Å². The topological polar surface area (TPSA) is 49.4 Å². The highest BCUT2D eigenvalue weighted by atomic mass is 35.5.